The molecular formula is C19H19N5O3. The lowest BCUT2D eigenvalue weighted by Gasteiger charge is -2.09. The Kier molecular flexibility index (Phi) is 5.68. The van der Waals surface area contributed by atoms with Crippen molar-refractivity contribution in [2.24, 2.45) is 0 Å². The number of nitrogens with zero attached hydrogens (tertiary/aromatic N) is 2. The summed E-state index contributed by atoms with van der Waals surface area (Å²) >= 11 is 0. The van der Waals surface area contributed by atoms with Gasteiger partial charge in [-0.05, 0) is 48.0 Å². The summed E-state index contributed by atoms with van der Waals surface area (Å²) < 4.78 is 6.28. The Morgan fingerprint density at radius 1 is 1.00 bits per heavy atom. The van der Waals surface area contributed by atoms with Gasteiger partial charge in [0.05, 0.1) is 12.8 Å². The van der Waals surface area contributed by atoms with Gasteiger partial charge in [0, 0.05) is 30.3 Å². The zero-order valence-electron chi connectivity index (χ0n) is 14.7. The summed E-state index contributed by atoms with van der Waals surface area (Å²) in [4.78, 5) is 23.2. The van der Waals surface area contributed by atoms with Gasteiger partial charge in [-0.2, -0.15) is 5.10 Å². The largest absolute Gasteiger partial charge is 0.453 e. The van der Waals surface area contributed by atoms with Crippen molar-refractivity contribution in [1.82, 2.24) is 15.1 Å². The van der Waals surface area contributed by atoms with E-state index in [0.29, 0.717) is 17.9 Å². The number of methoxy groups -OCH3 is 1. The van der Waals surface area contributed by atoms with Gasteiger partial charge in [0.1, 0.15) is 0 Å². The van der Waals surface area contributed by atoms with Gasteiger partial charge in [0.25, 0.3) is 0 Å². The Morgan fingerprint density at radius 2 is 1.67 bits per heavy atom. The van der Waals surface area contributed by atoms with Crippen LogP contribution in [0.15, 0.2) is 67.0 Å². The molecule has 3 amide bonds. The molecule has 0 radical (unpaired) electrons. The van der Waals surface area contributed by atoms with Gasteiger partial charge in [-0.1, -0.05) is 12.1 Å². The van der Waals surface area contributed by atoms with Crippen LogP contribution in [0.5, 0.6) is 0 Å². The van der Waals surface area contributed by atoms with Gasteiger partial charge in [0.2, 0.25) is 0 Å². The van der Waals surface area contributed by atoms with Crippen molar-refractivity contribution in [2.45, 2.75) is 6.54 Å². The van der Waals surface area contributed by atoms with Gasteiger partial charge in [-0.3, -0.25) is 5.32 Å². The van der Waals surface area contributed by atoms with Crippen LogP contribution in [0.4, 0.5) is 21.0 Å². The van der Waals surface area contributed by atoms with E-state index in [4.69, 9.17) is 0 Å². The minimum Gasteiger partial charge on any atom is -0.453 e. The van der Waals surface area contributed by atoms with E-state index in [9.17, 15) is 9.59 Å². The maximum atomic E-state index is 12.0. The molecule has 8 nitrogen and oxygen atoms in total. The molecule has 3 rings (SSSR count). The number of amides is 3. The zero-order valence-corrected chi connectivity index (χ0v) is 14.7. The topological polar surface area (TPSA) is 97.3 Å². The highest BCUT2D eigenvalue weighted by Gasteiger charge is 2.04. The van der Waals surface area contributed by atoms with E-state index in [1.165, 1.54) is 7.11 Å². The summed E-state index contributed by atoms with van der Waals surface area (Å²) in [5.74, 6) is 0. The van der Waals surface area contributed by atoms with Crippen LogP contribution in [-0.2, 0) is 11.3 Å². The number of ether oxygens (including phenoxy) is 1. The molecule has 27 heavy (non-hydrogen) atoms. The van der Waals surface area contributed by atoms with E-state index in [-0.39, 0.29) is 6.03 Å². The third-order valence-electron chi connectivity index (χ3n) is 3.73. The Bertz CT molecular complexity index is 890. The smallest absolute Gasteiger partial charge is 0.411 e. The molecule has 1 aromatic heterocycles. The number of rotatable bonds is 5. The van der Waals surface area contributed by atoms with Gasteiger partial charge in [-0.15, -0.1) is 0 Å². The number of aromatic nitrogens is 2. The predicted octanol–water partition coefficient (Wildman–Crippen LogP) is 3.37. The van der Waals surface area contributed by atoms with Crippen molar-refractivity contribution >= 4 is 23.5 Å². The van der Waals surface area contributed by atoms with Crippen molar-refractivity contribution in [3.05, 3.63) is 72.6 Å². The van der Waals surface area contributed by atoms with Crippen LogP contribution in [-0.4, -0.2) is 29.0 Å². The highest BCUT2D eigenvalue weighted by molar-refractivity contribution is 5.90. The number of hydrogen-bond donors (Lipinski definition) is 3. The van der Waals surface area contributed by atoms with E-state index in [1.807, 2.05) is 36.5 Å². The third kappa shape index (κ3) is 5.08. The van der Waals surface area contributed by atoms with Crippen molar-refractivity contribution in [3.8, 4) is 5.69 Å². The van der Waals surface area contributed by atoms with Gasteiger partial charge < -0.3 is 15.4 Å². The number of urea groups is 1. The van der Waals surface area contributed by atoms with Crippen LogP contribution in [0.25, 0.3) is 5.69 Å². The summed E-state index contributed by atoms with van der Waals surface area (Å²) in [6.07, 6.45) is 3.04. The van der Waals surface area contributed by atoms with Gasteiger partial charge >= 0.3 is 12.1 Å². The lowest BCUT2D eigenvalue weighted by atomic mass is 10.2. The number of benzene rings is 2. The molecule has 0 unspecified atom stereocenters. The predicted molar refractivity (Wildman–Crippen MR) is 102 cm³/mol. The Hall–Kier alpha value is -3.81. The molecule has 3 N–H and O–H groups in total. The summed E-state index contributed by atoms with van der Waals surface area (Å²) in [6, 6.07) is 16.0. The van der Waals surface area contributed by atoms with Crippen LogP contribution >= 0.6 is 0 Å². The van der Waals surface area contributed by atoms with E-state index in [2.05, 4.69) is 25.8 Å². The molecule has 1 heterocycles. The van der Waals surface area contributed by atoms with E-state index >= 15 is 0 Å². The fraction of sp³-hybridized carbons (Fsp3) is 0.105. The number of carbonyl (C=O) groups excluding carboxylic acids is 2. The molecule has 138 valence electrons. The maximum Gasteiger partial charge on any atom is 0.411 e. The molecule has 0 atom stereocenters. The van der Waals surface area contributed by atoms with Crippen LogP contribution < -0.4 is 16.0 Å². The summed E-state index contributed by atoms with van der Waals surface area (Å²) in [6.45, 7) is 0.396. The minimum atomic E-state index is -0.549. The highest BCUT2D eigenvalue weighted by Crippen LogP contribution is 2.14. The fourth-order valence-electron chi connectivity index (χ4n) is 2.35. The first-order valence-electron chi connectivity index (χ1n) is 8.23. The minimum absolute atomic E-state index is 0.320. The molecule has 0 saturated heterocycles. The van der Waals surface area contributed by atoms with E-state index in [1.54, 1.807) is 35.1 Å². The molecule has 0 fully saturated rings. The molecule has 8 heteroatoms. The monoisotopic (exact) mass is 365 g/mol. The summed E-state index contributed by atoms with van der Waals surface area (Å²) in [5, 5.41) is 12.2. The van der Waals surface area contributed by atoms with Crippen molar-refractivity contribution < 1.29 is 14.3 Å². The number of carbonyl (C=O) groups is 2. The SMILES string of the molecule is COC(=O)Nc1ccc(NC(=O)NCc2ccc(-n3cccn3)cc2)cc1. The molecule has 0 spiro atoms. The second-order valence-corrected chi connectivity index (χ2v) is 5.62. The van der Waals surface area contributed by atoms with Crippen LogP contribution in [0.1, 0.15) is 5.56 Å². The van der Waals surface area contributed by atoms with Crippen molar-refractivity contribution in [1.29, 1.82) is 0 Å². The maximum absolute atomic E-state index is 12.0. The second kappa shape index (κ2) is 8.52. The molecule has 0 bridgehead atoms. The molecule has 0 aliphatic heterocycles. The fourth-order valence-corrected chi connectivity index (χ4v) is 2.35. The van der Waals surface area contributed by atoms with Crippen LogP contribution in [0.2, 0.25) is 0 Å². The number of nitrogens with one attached hydrogen (secondary N) is 3. The first-order valence-corrected chi connectivity index (χ1v) is 8.23. The summed E-state index contributed by atoms with van der Waals surface area (Å²) in [7, 11) is 1.29. The van der Waals surface area contributed by atoms with E-state index in [0.717, 1.165) is 11.3 Å². The van der Waals surface area contributed by atoms with E-state index < -0.39 is 6.09 Å². The summed E-state index contributed by atoms with van der Waals surface area (Å²) in [5.41, 5.74) is 3.11. The highest BCUT2D eigenvalue weighted by atomic mass is 16.5. The lowest BCUT2D eigenvalue weighted by molar-refractivity contribution is 0.187. The van der Waals surface area contributed by atoms with Crippen LogP contribution in [0.3, 0.4) is 0 Å². The molecular weight excluding hydrogens is 346 g/mol. The molecule has 0 aliphatic carbocycles. The first-order chi connectivity index (χ1) is 13.1. The third-order valence-corrected chi connectivity index (χ3v) is 3.73. The lowest BCUT2D eigenvalue weighted by Crippen LogP contribution is -2.28. The van der Waals surface area contributed by atoms with Crippen LogP contribution in [0, 0.1) is 0 Å². The number of hydrogen-bond acceptors (Lipinski definition) is 4. The van der Waals surface area contributed by atoms with Crippen molar-refractivity contribution in [2.75, 3.05) is 17.7 Å². The molecule has 3 aromatic rings. The average Bonchev–Trinajstić information content (AvgIpc) is 3.23. The van der Waals surface area contributed by atoms with Gasteiger partial charge in [-0.25, -0.2) is 14.3 Å². The normalized spacial score (nSPS) is 10.1. The first kappa shape index (κ1) is 18.0. The number of anilines is 2. The Morgan fingerprint density at radius 3 is 2.26 bits per heavy atom. The van der Waals surface area contributed by atoms with Crippen molar-refractivity contribution in [3.63, 3.8) is 0 Å². The molecule has 2 aromatic carbocycles. The average molecular weight is 365 g/mol. The Labute approximate surface area is 156 Å². The quantitative estimate of drug-likeness (QED) is 0.646. The molecule has 0 saturated carbocycles. The Balaban J connectivity index is 1.48. The standard InChI is InChI=1S/C19H19N5O3/c1-27-19(26)23-16-7-5-15(6-8-16)22-18(25)20-13-14-3-9-17(10-4-14)24-12-2-11-21-24/h2-12H,13H2,1H3,(H,23,26)(H2,20,22,25). The molecule has 0 aliphatic rings. The van der Waals surface area contributed by atoms with Gasteiger partial charge in [0.15, 0.2) is 0 Å². The zero-order chi connectivity index (χ0) is 19.1. The second-order valence-electron chi connectivity index (χ2n) is 5.62.